The molecular weight excluding hydrogens is 424 g/mol. The van der Waals surface area contributed by atoms with E-state index in [0.717, 1.165) is 42.9 Å². The molecule has 0 spiro atoms. The second-order valence-corrected chi connectivity index (χ2v) is 9.85. The van der Waals surface area contributed by atoms with Gasteiger partial charge in [0.15, 0.2) is 0 Å². The number of hydrogen-bond donors (Lipinski definition) is 1. The van der Waals surface area contributed by atoms with Crippen molar-refractivity contribution in [2.75, 3.05) is 6.61 Å². The first kappa shape index (κ1) is 18.5. The third-order valence-corrected chi connectivity index (χ3v) is 6.43. The third-order valence-electron chi connectivity index (χ3n) is 4.12. The number of nitrogens with one attached hydrogen (secondary N) is 1. The fourth-order valence-electron chi connectivity index (χ4n) is 2.10. The van der Waals surface area contributed by atoms with Gasteiger partial charge in [0.25, 0.3) is 0 Å². The summed E-state index contributed by atoms with van der Waals surface area (Å²) < 4.78 is 5.33. The Morgan fingerprint density at radius 2 is 1.96 bits per heavy atom. The van der Waals surface area contributed by atoms with Crippen LogP contribution in [0.15, 0.2) is 29.4 Å². The van der Waals surface area contributed by atoms with E-state index < -0.39 is 5.41 Å². The first-order chi connectivity index (χ1) is 10.8. The van der Waals surface area contributed by atoms with Crippen molar-refractivity contribution in [3.63, 3.8) is 0 Å². The highest BCUT2D eigenvalue weighted by atomic mass is 79.9. The Labute approximate surface area is 154 Å². The Balaban J connectivity index is 1.92. The number of halogens is 2. The zero-order valence-corrected chi connectivity index (χ0v) is 16.8. The van der Waals surface area contributed by atoms with E-state index in [1.165, 1.54) is 0 Å². The van der Waals surface area contributed by atoms with Crippen LogP contribution in [-0.4, -0.2) is 21.5 Å². The van der Waals surface area contributed by atoms with Crippen molar-refractivity contribution in [2.45, 2.75) is 43.3 Å². The van der Waals surface area contributed by atoms with Gasteiger partial charge in [0, 0.05) is 0 Å². The second-order valence-electron chi connectivity index (χ2n) is 6.08. The van der Waals surface area contributed by atoms with Gasteiger partial charge >= 0.3 is 0 Å². The second kappa shape index (κ2) is 7.34. The van der Waals surface area contributed by atoms with Gasteiger partial charge in [-0.15, -0.1) is 0 Å². The molecule has 1 unspecified atom stereocenters. The standard InChI is InChI=1S/C17H22Br2N2O2/c1-4-5-10-23-14-8-6-13(7-9-14)12(2)20-21-15(22)16(3)11-17(16,18)19/h6-9H,4-5,10-11H2,1-3H3,(H,21,22). The smallest absolute Gasteiger partial charge is 0.248 e. The maximum absolute atomic E-state index is 12.2. The Morgan fingerprint density at radius 1 is 1.35 bits per heavy atom. The number of benzene rings is 1. The predicted octanol–water partition coefficient (Wildman–Crippen LogP) is 4.60. The molecule has 126 valence electrons. The molecule has 1 aliphatic carbocycles. The number of carbonyl (C=O) groups is 1. The molecule has 0 aliphatic heterocycles. The molecule has 2 rings (SSSR count). The van der Waals surface area contributed by atoms with Gasteiger partial charge in [-0.25, -0.2) is 5.43 Å². The maximum Gasteiger partial charge on any atom is 0.248 e. The number of nitrogens with zero attached hydrogens (tertiary/aromatic N) is 1. The summed E-state index contributed by atoms with van der Waals surface area (Å²) in [6.45, 7) is 6.65. The van der Waals surface area contributed by atoms with E-state index in [1.807, 2.05) is 38.1 Å². The summed E-state index contributed by atoms with van der Waals surface area (Å²) in [5, 5.41) is 4.21. The van der Waals surface area contributed by atoms with Crippen molar-refractivity contribution < 1.29 is 9.53 Å². The lowest BCUT2D eigenvalue weighted by Crippen LogP contribution is -2.30. The molecule has 1 aromatic carbocycles. The van der Waals surface area contributed by atoms with Crippen LogP contribution < -0.4 is 10.2 Å². The highest BCUT2D eigenvalue weighted by molar-refractivity contribution is 9.25. The number of hydrogen-bond acceptors (Lipinski definition) is 3. The number of amides is 1. The Bertz CT molecular complexity index is 599. The number of unbranched alkanes of at least 4 members (excludes halogenated alkanes) is 1. The van der Waals surface area contributed by atoms with Crippen molar-refractivity contribution in [3.8, 4) is 5.75 Å². The quantitative estimate of drug-likeness (QED) is 0.288. The van der Waals surface area contributed by atoms with Crippen molar-refractivity contribution in [2.24, 2.45) is 10.5 Å². The molecule has 0 heterocycles. The van der Waals surface area contributed by atoms with E-state index in [2.05, 4.69) is 49.3 Å². The van der Waals surface area contributed by atoms with Crippen LogP contribution in [0.4, 0.5) is 0 Å². The molecular formula is C17H22Br2N2O2. The summed E-state index contributed by atoms with van der Waals surface area (Å²) in [6, 6.07) is 7.75. The van der Waals surface area contributed by atoms with E-state index in [9.17, 15) is 4.79 Å². The molecule has 1 saturated carbocycles. The number of rotatable bonds is 7. The average Bonchev–Trinajstić information content (AvgIpc) is 3.05. The van der Waals surface area contributed by atoms with Gasteiger partial charge in [0.2, 0.25) is 5.91 Å². The van der Waals surface area contributed by atoms with E-state index in [4.69, 9.17) is 4.74 Å². The number of ether oxygens (including phenoxy) is 1. The van der Waals surface area contributed by atoms with Crippen LogP contribution in [0.3, 0.4) is 0 Å². The molecule has 1 N–H and O–H groups in total. The molecule has 4 nitrogen and oxygen atoms in total. The topological polar surface area (TPSA) is 50.7 Å². The zero-order valence-electron chi connectivity index (χ0n) is 13.7. The highest BCUT2D eigenvalue weighted by Gasteiger charge is 2.66. The minimum absolute atomic E-state index is 0.0925. The van der Waals surface area contributed by atoms with Crippen molar-refractivity contribution in [3.05, 3.63) is 29.8 Å². The van der Waals surface area contributed by atoms with Crippen molar-refractivity contribution >= 4 is 43.5 Å². The lowest BCUT2D eigenvalue weighted by Gasteiger charge is -2.11. The average molecular weight is 446 g/mol. The molecule has 0 radical (unpaired) electrons. The van der Waals surface area contributed by atoms with E-state index in [1.54, 1.807) is 0 Å². The largest absolute Gasteiger partial charge is 0.494 e. The fourth-order valence-corrected chi connectivity index (χ4v) is 3.58. The van der Waals surface area contributed by atoms with Crippen LogP contribution in [0.5, 0.6) is 5.75 Å². The first-order valence-corrected chi connectivity index (χ1v) is 9.34. The van der Waals surface area contributed by atoms with Crippen LogP contribution >= 0.6 is 31.9 Å². The summed E-state index contributed by atoms with van der Waals surface area (Å²) in [4.78, 5) is 12.2. The first-order valence-electron chi connectivity index (χ1n) is 7.76. The van der Waals surface area contributed by atoms with Crippen LogP contribution in [-0.2, 0) is 4.79 Å². The molecule has 0 aromatic heterocycles. The SMILES string of the molecule is CCCCOc1ccc(C(C)=NNC(=O)C2(C)CC2(Br)Br)cc1. The molecule has 0 bridgehead atoms. The molecule has 1 amide bonds. The number of hydrazone groups is 1. The summed E-state index contributed by atoms with van der Waals surface area (Å²) in [7, 11) is 0. The lowest BCUT2D eigenvalue weighted by atomic mass is 10.1. The van der Waals surface area contributed by atoms with Gasteiger partial charge in [-0.1, -0.05) is 45.2 Å². The van der Waals surface area contributed by atoms with Crippen LogP contribution in [0.25, 0.3) is 0 Å². The summed E-state index contributed by atoms with van der Waals surface area (Å²) in [5.41, 5.74) is 3.91. The Kier molecular flexibility index (Phi) is 5.89. The summed E-state index contributed by atoms with van der Waals surface area (Å²) in [6.07, 6.45) is 2.91. The van der Waals surface area contributed by atoms with Crippen LogP contribution in [0, 0.1) is 5.41 Å². The van der Waals surface area contributed by atoms with E-state index in [-0.39, 0.29) is 9.14 Å². The van der Waals surface area contributed by atoms with Gasteiger partial charge < -0.3 is 4.74 Å². The summed E-state index contributed by atoms with van der Waals surface area (Å²) in [5.74, 6) is 0.762. The van der Waals surface area contributed by atoms with Crippen molar-refractivity contribution in [1.82, 2.24) is 5.43 Å². The van der Waals surface area contributed by atoms with Gasteiger partial charge in [-0.2, -0.15) is 5.10 Å². The maximum atomic E-state index is 12.2. The zero-order chi connectivity index (χ0) is 17.1. The van der Waals surface area contributed by atoms with Gasteiger partial charge in [-0.05, 0) is 56.5 Å². The predicted molar refractivity (Wildman–Crippen MR) is 101 cm³/mol. The molecule has 1 aliphatic rings. The number of alkyl halides is 2. The lowest BCUT2D eigenvalue weighted by molar-refractivity contribution is -0.125. The molecule has 23 heavy (non-hydrogen) atoms. The molecule has 1 fully saturated rings. The Hall–Kier alpha value is -0.880. The van der Waals surface area contributed by atoms with E-state index in [0.29, 0.717) is 0 Å². The van der Waals surface area contributed by atoms with E-state index >= 15 is 0 Å². The van der Waals surface area contributed by atoms with Gasteiger partial charge in [0.05, 0.1) is 21.0 Å². The molecule has 1 aromatic rings. The molecule has 6 heteroatoms. The normalized spacial score (nSPS) is 22.6. The third kappa shape index (κ3) is 4.35. The van der Waals surface area contributed by atoms with Gasteiger partial charge in [0.1, 0.15) is 5.75 Å². The van der Waals surface area contributed by atoms with Crippen LogP contribution in [0.1, 0.15) is 45.6 Å². The number of carbonyl (C=O) groups excluding carboxylic acids is 1. The fraction of sp³-hybridized carbons (Fsp3) is 0.529. The monoisotopic (exact) mass is 444 g/mol. The minimum Gasteiger partial charge on any atom is -0.494 e. The Morgan fingerprint density at radius 3 is 2.48 bits per heavy atom. The minimum atomic E-state index is -0.465. The van der Waals surface area contributed by atoms with Crippen molar-refractivity contribution in [1.29, 1.82) is 0 Å². The van der Waals surface area contributed by atoms with Crippen LogP contribution in [0.2, 0.25) is 0 Å². The van der Waals surface area contributed by atoms with Gasteiger partial charge in [-0.3, -0.25) is 4.79 Å². The molecule has 1 atom stereocenters. The highest BCUT2D eigenvalue weighted by Crippen LogP contribution is 2.66. The molecule has 0 saturated heterocycles. The summed E-state index contributed by atoms with van der Waals surface area (Å²) >= 11 is 6.98.